The molecule has 0 saturated heterocycles. The first kappa shape index (κ1) is 15.6. The molecule has 5 nitrogen and oxygen atoms in total. The molecule has 1 aromatic heterocycles. The van der Waals surface area contributed by atoms with Crippen LogP contribution in [-0.2, 0) is 10.3 Å². The van der Waals surface area contributed by atoms with E-state index >= 15 is 0 Å². The SMILES string of the molecule is CN1C(=O)C[C@@](C)(c2ccc3sc4ccc(C#N)cc4c3c2)N=C1N. The van der Waals surface area contributed by atoms with Crippen LogP contribution in [0.1, 0.15) is 24.5 Å². The standard InChI is InChI=1S/C19H16N4OS/c1-19(9-17(24)23(2)18(21)22-19)12-4-6-16-14(8-12)13-7-11(10-20)3-5-15(13)25-16/h3-8H,9H2,1-2H3,(H2,21,22)/t19-/m0/s1. The molecule has 124 valence electrons. The molecule has 2 aromatic carbocycles. The zero-order valence-electron chi connectivity index (χ0n) is 13.9. The van der Waals surface area contributed by atoms with Gasteiger partial charge >= 0.3 is 0 Å². The van der Waals surface area contributed by atoms with Crippen LogP contribution < -0.4 is 5.73 Å². The number of benzene rings is 2. The third kappa shape index (κ3) is 2.36. The predicted molar refractivity (Wildman–Crippen MR) is 100 cm³/mol. The van der Waals surface area contributed by atoms with Crippen LogP contribution in [0.5, 0.6) is 0 Å². The molecular weight excluding hydrogens is 332 g/mol. The lowest BCUT2D eigenvalue weighted by atomic mass is 9.87. The molecule has 4 rings (SSSR count). The average molecular weight is 348 g/mol. The number of carbonyl (C=O) groups excluding carboxylic acids is 1. The minimum absolute atomic E-state index is 0.0444. The van der Waals surface area contributed by atoms with Crippen molar-refractivity contribution < 1.29 is 4.79 Å². The molecule has 0 aliphatic carbocycles. The Hall–Kier alpha value is -2.91. The number of thiophene rings is 1. The van der Waals surface area contributed by atoms with E-state index in [1.807, 2.05) is 31.2 Å². The van der Waals surface area contributed by atoms with E-state index in [0.29, 0.717) is 5.56 Å². The molecule has 0 spiro atoms. The maximum atomic E-state index is 12.2. The molecule has 2 heterocycles. The first-order valence-electron chi connectivity index (χ1n) is 7.90. The van der Waals surface area contributed by atoms with Gasteiger partial charge in [-0.3, -0.25) is 9.69 Å². The number of nitrogens with two attached hydrogens (primary N) is 1. The van der Waals surface area contributed by atoms with Crippen molar-refractivity contribution >= 4 is 43.4 Å². The van der Waals surface area contributed by atoms with Gasteiger partial charge in [0.2, 0.25) is 5.91 Å². The summed E-state index contributed by atoms with van der Waals surface area (Å²) in [6.45, 7) is 1.93. The summed E-state index contributed by atoms with van der Waals surface area (Å²) < 4.78 is 2.28. The Bertz CT molecular complexity index is 1110. The second kappa shape index (κ2) is 5.30. The fourth-order valence-corrected chi connectivity index (χ4v) is 4.32. The molecule has 1 atom stereocenters. The topological polar surface area (TPSA) is 82.5 Å². The van der Waals surface area contributed by atoms with Gasteiger partial charge < -0.3 is 5.73 Å². The zero-order chi connectivity index (χ0) is 17.8. The number of guanidine groups is 1. The van der Waals surface area contributed by atoms with Crippen molar-refractivity contribution in [3.63, 3.8) is 0 Å². The summed E-state index contributed by atoms with van der Waals surface area (Å²) >= 11 is 1.69. The summed E-state index contributed by atoms with van der Waals surface area (Å²) in [5.74, 6) is 0.192. The van der Waals surface area contributed by atoms with Crippen LogP contribution >= 0.6 is 11.3 Å². The van der Waals surface area contributed by atoms with Gasteiger partial charge in [0.05, 0.1) is 23.6 Å². The Kier molecular flexibility index (Phi) is 3.31. The van der Waals surface area contributed by atoms with Gasteiger partial charge in [-0.15, -0.1) is 11.3 Å². The summed E-state index contributed by atoms with van der Waals surface area (Å²) in [6, 6.07) is 14.1. The van der Waals surface area contributed by atoms with Gasteiger partial charge in [0.25, 0.3) is 0 Å². The highest BCUT2D eigenvalue weighted by molar-refractivity contribution is 7.25. The average Bonchev–Trinajstić information content (AvgIpc) is 2.96. The van der Waals surface area contributed by atoms with Crippen LogP contribution in [0.4, 0.5) is 0 Å². The number of hydrogen-bond acceptors (Lipinski definition) is 5. The van der Waals surface area contributed by atoms with E-state index < -0.39 is 5.54 Å². The van der Waals surface area contributed by atoms with Gasteiger partial charge in [-0.25, -0.2) is 4.99 Å². The molecule has 3 aromatic rings. The van der Waals surface area contributed by atoms with E-state index in [9.17, 15) is 4.79 Å². The minimum atomic E-state index is -0.678. The Labute approximate surface area is 149 Å². The Morgan fingerprint density at radius 3 is 2.60 bits per heavy atom. The van der Waals surface area contributed by atoms with Crippen LogP contribution in [0.25, 0.3) is 20.2 Å². The number of nitriles is 1. The van der Waals surface area contributed by atoms with Gasteiger partial charge in [-0.1, -0.05) is 6.07 Å². The molecule has 1 aliphatic rings. The van der Waals surface area contributed by atoms with E-state index in [0.717, 1.165) is 25.7 Å². The lowest BCUT2D eigenvalue weighted by Crippen LogP contribution is -2.47. The number of hydrogen-bond donors (Lipinski definition) is 1. The second-order valence-electron chi connectivity index (χ2n) is 6.51. The largest absolute Gasteiger partial charge is 0.369 e. The summed E-state index contributed by atoms with van der Waals surface area (Å²) in [5, 5.41) is 11.3. The van der Waals surface area contributed by atoms with Crippen molar-refractivity contribution in [1.82, 2.24) is 4.90 Å². The van der Waals surface area contributed by atoms with Crippen molar-refractivity contribution in [3.8, 4) is 6.07 Å². The van der Waals surface area contributed by atoms with Gasteiger partial charge in [-0.05, 0) is 42.8 Å². The van der Waals surface area contributed by atoms with Crippen molar-refractivity contribution in [2.45, 2.75) is 18.9 Å². The van der Waals surface area contributed by atoms with E-state index in [2.05, 4.69) is 23.2 Å². The lowest BCUT2D eigenvalue weighted by molar-refractivity contribution is -0.128. The maximum absolute atomic E-state index is 12.2. The molecule has 0 bridgehead atoms. The maximum Gasteiger partial charge on any atom is 0.231 e. The Morgan fingerprint density at radius 2 is 1.92 bits per heavy atom. The van der Waals surface area contributed by atoms with Crippen molar-refractivity contribution in [2.75, 3.05) is 7.05 Å². The van der Waals surface area contributed by atoms with Gasteiger partial charge in [-0.2, -0.15) is 5.26 Å². The third-order valence-electron chi connectivity index (χ3n) is 4.79. The first-order chi connectivity index (χ1) is 11.9. The van der Waals surface area contributed by atoms with E-state index in [1.54, 1.807) is 18.4 Å². The molecule has 0 radical (unpaired) electrons. The van der Waals surface area contributed by atoms with Crippen molar-refractivity contribution in [1.29, 1.82) is 5.26 Å². The number of aliphatic imine (C=N–C) groups is 1. The molecule has 0 saturated carbocycles. The normalized spacial score (nSPS) is 20.8. The molecule has 25 heavy (non-hydrogen) atoms. The number of fused-ring (bicyclic) bond motifs is 3. The van der Waals surface area contributed by atoms with Crippen LogP contribution in [0.3, 0.4) is 0 Å². The summed E-state index contributed by atoms with van der Waals surface area (Å²) in [4.78, 5) is 18.2. The quantitative estimate of drug-likeness (QED) is 0.732. The van der Waals surface area contributed by atoms with E-state index in [1.165, 1.54) is 4.90 Å². The number of rotatable bonds is 1. The van der Waals surface area contributed by atoms with Gasteiger partial charge in [0.15, 0.2) is 5.96 Å². The zero-order valence-corrected chi connectivity index (χ0v) is 14.7. The summed E-state index contributed by atoms with van der Waals surface area (Å²) in [6.07, 6.45) is 0.279. The first-order valence-corrected chi connectivity index (χ1v) is 8.72. The number of amides is 1. The lowest BCUT2D eigenvalue weighted by Gasteiger charge is -2.33. The molecule has 6 heteroatoms. The molecule has 1 aliphatic heterocycles. The van der Waals surface area contributed by atoms with Crippen LogP contribution in [0, 0.1) is 11.3 Å². The highest BCUT2D eigenvalue weighted by Gasteiger charge is 2.36. The Morgan fingerprint density at radius 1 is 1.24 bits per heavy atom. The molecular formula is C19H16N4OS. The molecule has 2 N–H and O–H groups in total. The van der Waals surface area contributed by atoms with Gasteiger partial charge in [0.1, 0.15) is 0 Å². The van der Waals surface area contributed by atoms with Crippen molar-refractivity contribution in [3.05, 3.63) is 47.5 Å². The van der Waals surface area contributed by atoms with Crippen LogP contribution in [0.15, 0.2) is 41.4 Å². The number of carbonyl (C=O) groups is 1. The van der Waals surface area contributed by atoms with Crippen molar-refractivity contribution in [2.24, 2.45) is 10.7 Å². The monoisotopic (exact) mass is 348 g/mol. The highest BCUT2D eigenvalue weighted by atomic mass is 32.1. The number of nitrogens with zero attached hydrogens (tertiary/aromatic N) is 3. The van der Waals surface area contributed by atoms with E-state index in [-0.39, 0.29) is 18.3 Å². The molecule has 0 unspecified atom stereocenters. The second-order valence-corrected chi connectivity index (χ2v) is 7.59. The van der Waals surface area contributed by atoms with E-state index in [4.69, 9.17) is 11.0 Å². The summed E-state index contributed by atoms with van der Waals surface area (Å²) in [7, 11) is 1.64. The Balaban J connectivity index is 1.93. The van der Waals surface area contributed by atoms with Gasteiger partial charge in [0, 0.05) is 27.2 Å². The van der Waals surface area contributed by atoms with Crippen LogP contribution in [0.2, 0.25) is 0 Å². The fraction of sp³-hybridized carbons (Fsp3) is 0.211. The molecule has 0 fully saturated rings. The molecule has 1 amide bonds. The highest BCUT2D eigenvalue weighted by Crippen LogP contribution is 2.39. The third-order valence-corrected chi connectivity index (χ3v) is 5.95. The summed E-state index contributed by atoms with van der Waals surface area (Å²) in [5.41, 5.74) is 6.84. The fourth-order valence-electron chi connectivity index (χ4n) is 3.26. The minimum Gasteiger partial charge on any atom is -0.369 e. The van der Waals surface area contributed by atoms with Crippen LogP contribution in [-0.4, -0.2) is 23.8 Å². The predicted octanol–water partition coefficient (Wildman–Crippen LogP) is 3.32. The smallest absolute Gasteiger partial charge is 0.231 e.